The molecule has 2 heteroatoms. The maximum Gasteiger partial charge on any atom is 0.0300 e. The maximum absolute atomic E-state index is 6.91. The van der Waals surface area contributed by atoms with Crippen molar-refractivity contribution in [3.05, 3.63) is 30.1 Å². The lowest BCUT2D eigenvalue weighted by molar-refractivity contribution is 0.933. The quantitative estimate of drug-likeness (QED) is 0.572. The van der Waals surface area contributed by atoms with E-state index in [0.717, 1.165) is 12.0 Å². The highest BCUT2D eigenvalue weighted by molar-refractivity contribution is 5.08. The standard InChI is InChI=1S/C7H9N2/c8-4-3-7-2-1-5-9-6-7/h1-2,5-6,8H,3-4H2. The van der Waals surface area contributed by atoms with E-state index in [1.54, 1.807) is 12.4 Å². The van der Waals surface area contributed by atoms with E-state index in [1.807, 2.05) is 12.1 Å². The molecule has 47 valence electrons. The van der Waals surface area contributed by atoms with Crippen molar-refractivity contribution in [1.82, 2.24) is 10.7 Å². The smallest absolute Gasteiger partial charge is 0.0300 e. The topological polar surface area (TPSA) is 36.7 Å². The van der Waals surface area contributed by atoms with Gasteiger partial charge in [-0.05, 0) is 18.1 Å². The molecular weight excluding hydrogens is 112 g/mol. The minimum atomic E-state index is 0.450. The van der Waals surface area contributed by atoms with E-state index in [1.165, 1.54) is 0 Å². The van der Waals surface area contributed by atoms with Crippen LogP contribution in [-0.4, -0.2) is 11.5 Å². The maximum atomic E-state index is 6.91. The zero-order valence-electron chi connectivity index (χ0n) is 5.17. The second-order valence-electron chi connectivity index (χ2n) is 1.86. The summed E-state index contributed by atoms with van der Waals surface area (Å²) in [6.07, 6.45) is 4.36. The van der Waals surface area contributed by atoms with Gasteiger partial charge in [0.15, 0.2) is 0 Å². The Morgan fingerprint density at radius 1 is 1.56 bits per heavy atom. The van der Waals surface area contributed by atoms with Crippen molar-refractivity contribution >= 4 is 0 Å². The lowest BCUT2D eigenvalue weighted by Gasteiger charge is -1.92. The molecule has 0 unspecified atom stereocenters. The number of hydrogen-bond donors (Lipinski definition) is 0. The van der Waals surface area contributed by atoms with E-state index in [2.05, 4.69) is 4.98 Å². The molecule has 1 rings (SSSR count). The van der Waals surface area contributed by atoms with Crippen molar-refractivity contribution in [3.8, 4) is 0 Å². The molecule has 0 amide bonds. The van der Waals surface area contributed by atoms with Gasteiger partial charge in [-0.25, -0.2) is 0 Å². The Hall–Kier alpha value is -0.890. The van der Waals surface area contributed by atoms with Crippen LogP contribution in [0, 0.1) is 0 Å². The van der Waals surface area contributed by atoms with Crippen molar-refractivity contribution in [2.24, 2.45) is 0 Å². The van der Waals surface area contributed by atoms with Gasteiger partial charge in [0.05, 0.1) is 0 Å². The largest absolute Gasteiger partial charge is 0.264 e. The predicted octanol–water partition coefficient (Wildman–Crippen LogP) is 0.907. The second kappa shape index (κ2) is 3.20. The first-order valence-electron chi connectivity index (χ1n) is 2.97. The van der Waals surface area contributed by atoms with Crippen LogP contribution >= 0.6 is 0 Å². The molecule has 0 aliphatic heterocycles. The molecule has 0 saturated heterocycles. The summed E-state index contributed by atoms with van der Waals surface area (Å²) in [5, 5.41) is 0. The predicted molar refractivity (Wildman–Crippen MR) is 35.9 cm³/mol. The van der Waals surface area contributed by atoms with Gasteiger partial charge in [0, 0.05) is 18.9 Å². The second-order valence-corrected chi connectivity index (χ2v) is 1.86. The van der Waals surface area contributed by atoms with Crippen LogP contribution in [0.15, 0.2) is 24.5 Å². The first-order chi connectivity index (χ1) is 4.43. The lowest BCUT2D eigenvalue weighted by atomic mass is 10.2. The normalized spacial score (nSPS) is 9.44. The van der Waals surface area contributed by atoms with Crippen LogP contribution < -0.4 is 5.73 Å². The Morgan fingerprint density at radius 2 is 2.44 bits per heavy atom. The highest BCUT2D eigenvalue weighted by Gasteiger charge is 1.86. The molecular formula is C7H9N2. The molecule has 1 radical (unpaired) electrons. The summed E-state index contributed by atoms with van der Waals surface area (Å²) >= 11 is 0. The minimum absolute atomic E-state index is 0.450. The van der Waals surface area contributed by atoms with Gasteiger partial charge in [-0.2, -0.15) is 0 Å². The fraction of sp³-hybridized carbons (Fsp3) is 0.286. The van der Waals surface area contributed by atoms with E-state index >= 15 is 0 Å². The van der Waals surface area contributed by atoms with E-state index in [9.17, 15) is 0 Å². The third-order valence-corrected chi connectivity index (χ3v) is 1.14. The Labute approximate surface area is 54.7 Å². The monoisotopic (exact) mass is 121 g/mol. The number of nitrogens with one attached hydrogen (secondary N) is 1. The summed E-state index contributed by atoms with van der Waals surface area (Å²) in [5.41, 5.74) is 8.06. The molecule has 1 N–H and O–H groups in total. The van der Waals surface area contributed by atoms with Crippen LogP contribution in [0.3, 0.4) is 0 Å². The minimum Gasteiger partial charge on any atom is -0.264 e. The molecule has 0 bridgehead atoms. The molecule has 0 aliphatic carbocycles. The lowest BCUT2D eigenvalue weighted by Crippen LogP contribution is -1.91. The molecule has 9 heavy (non-hydrogen) atoms. The van der Waals surface area contributed by atoms with Gasteiger partial charge in [0.25, 0.3) is 0 Å². The Morgan fingerprint density at radius 3 is 3.00 bits per heavy atom. The Bertz CT molecular complexity index is 160. The summed E-state index contributed by atoms with van der Waals surface area (Å²) in [6.45, 7) is 0.450. The zero-order valence-corrected chi connectivity index (χ0v) is 5.17. The molecule has 0 aliphatic rings. The average Bonchev–Trinajstić information content (AvgIpc) is 1.91. The van der Waals surface area contributed by atoms with E-state index in [0.29, 0.717) is 6.54 Å². The summed E-state index contributed by atoms with van der Waals surface area (Å²) in [6, 6.07) is 3.88. The van der Waals surface area contributed by atoms with E-state index in [4.69, 9.17) is 5.73 Å². The molecule has 0 aromatic carbocycles. The molecule has 0 spiro atoms. The van der Waals surface area contributed by atoms with Crippen molar-refractivity contribution < 1.29 is 0 Å². The van der Waals surface area contributed by atoms with Crippen LogP contribution in [0.2, 0.25) is 0 Å². The van der Waals surface area contributed by atoms with Gasteiger partial charge < -0.3 is 0 Å². The molecule has 1 aromatic rings. The van der Waals surface area contributed by atoms with E-state index < -0.39 is 0 Å². The van der Waals surface area contributed by atoms with Gasteiger partial charge in [-0.3, -0.25) is 10.7 Å². The van der Waals surface area contributed by atoms with Crippen molar-refractivity contribution in [2.75, 3.05) is 6.54 Å². The molecule has 0 fully saturated rings. The third kappa shape index (κ3) is 1.82. The number of nitrogens with zero attached hydrogens (tertiary/aromatic N) is 1. The van der Waals surface area contributed by atoms with Gasteiger partial charge in [0.2, 0.25) is 0 Å². The van der Waals surface area contributed by atoms with Crippen molar-refractivity contribution in [2.45, 2.75) is 6.42 Å². The van der Waals surface area contributed by atoms with Gasteiger partial charge >= 0.3 is 0 Å². The molecule has 1 aromatic heterocycles. The van der Waals surface area contributed by atoms with Crippen molar-refractivity contribution in [1.29, 1.82) is 0 Å². The number of pyridine rings is 1. The molecule has 0 atom stereocenters. The molecule has 2 nitrogen and oxygen atoms in total. The Kier molecular flexibility index (Phi) is 2.22. The fourth-order valence-corrected chi connectivity index (χ4v) is 0.690. The number of aromatic nitrogens is 1. The highest BCUT2D eigenvalue weighted by Crippen LogP contribution is 1.94. The first-order valence-corrected chi connectivity index (χ1v) is 2.97. The van der Waals surface area contributed by atoms with Gasteiger partial charge in [0.1, 0.15) is 0 Å². The molecule has 1 heterocycles. The van der Waals surface area contributed by atoms with Crippen molar-refractivity contribution in [3.63, 3.8) is 0 Å². The fourth-order valence-electron chi connectivity index (χ4n) is 0.690. The summed E-state index contributed by atoms with van der Waals surface area (Å²) < 4.78 is 0. The van der Waals surface area contributed by atoms with Crippen LogP contribution in [0.5, 0.6) is 0 Å². The highest BCUT2D eigenvalue weighted by atomic mass is 14.6. The van der Waals surface area contributed by atoms with Crippen LogP contribution in [0.1, 0.15) is 5.56 Å². The van der Waals surface area contributed by atoms with Crippen LogP contribution in [0.25, 0.3) is 0 Å². The summed E-state index contributed by atoms with van der Waals surface area (Å²) in [5.74, 6) is 0. The third-order valence-electron chi connectivity index (χ3n) is 1.14. The Balaban J connectivity index is 2.61. The number of hydrogen-bond acceptors (Lipinski definition) is 1. The summed E-state index contributed by atoms with van der Waals surface area (Å²) in [7, 11) is 0. The van der Waals surface area contributed by atoms with Gasteiger partial charge in [-0.15, -0.1) is 0 Å². The average molecular weight is 121 g/mol. The summed E-state index contributed by atoms with van der Waals surface area (Å²) in [4.78, 5) is 3.92. The first kappa shape index (κ1) is 6.23. The van der Waals surface area contributed by atoms with E-state index in [-0.39, 0.29) is 0 Å². The van der Waals surface area contributed by atoms with Gasteiger partial charge in [-0.1, -0.05) is 6.07 Å². The zero-order chi connectivity index (χ0) is 6.53. The molecule has 0 saturated carbocycles. The van der Waals surface area contributed by atoms with Crippen LogP contribution in [0.4, 0.5) is 0 Å². The van der Waals surface area contributed by atoms with Crippen LogP contribution in [-0.2, 0) is 6.42 Å². The SMILES string of the molecule is [NH]CCc1cccnc1. The number of rotatable bonds is 2.